The monoisotopic (exact) mass is 195 g/mol. The molecular formula is C12H21NO. The summed E-state index contributed by atoms with van der Waals surface area (Å²) in [6.07, 6.45) is 4.29. The quantitative estimate of drug-likeness (QED) is 0.658. The van der Waals surface area contributed by atoms with Gasteiger partial charge in [0.1, 0.15) is 0 Å². The van der Waals surface area contributed by atoms with Crippen molar-refractivity contribution in [1.82, 2.24) is 4.90 Å². The number of aliphatic hydroxyl groups excluding tert-OH is 1. The van der Waals surface area contributed by atoms with Crippen LogP contribution in [-0.4, -0.2) is 29.7 Å². The van der Waals surface area contributed by atoms with E-state index < -0.39 is 0 Å². The molecule has 0 fully saturated rings. The van der Waals surface area contributed by atoms with E-state index in [-0.39, 0.29) is 6.10 Å². The zero-order valence-electron chi connectivity index (χ0n) is 9.45. The summed E-state index contributed by atoms with van der Waals surface area (Å²) in [5.74, 6) is 0. The third kappa shape index (κ3) is 5.60. The van der Waals surface area contributed by atoms with Crippen molar-refractivity contribution >= 4 is 0 Å². The number of hydrogen-bond donors (Lipinski definition) is 1. The van der Waals surface area contributed by atoms with E-state index in [0.29, 0.717) is 0 Å². The number of likely N-dealkylation sites (N-methyl/N-ethyl adjacent to an activating group) is 1. The molecule has 0 aliphatic carbocycles. The second-order valence-electron chi connectivity index (χ2n) is 3.64. The van der Waals surface area contributed by atoms with Crippen LogP contribution in [-0.2, 0) is 0 Å². The fourth-order valence-corrected chi connectivity index (χ4v) is 0.956. The van der Waals surface area contributed by atoms with E-state index in [1.807, 2.05) is 24.9 Å². The fourth-order valence-electron chi connectivity index (χ4n) is 0.956. The Kier molecular flexibility index (Phi) is 5.97. The Morgan fingerprint density at radius 1 is 1.57 bits per heavy atom. The lowest BCUT2D eigenvalue weighted by molar-refractivity contribution is 0.172. The van der Waals surface area contributed by atoms with Crippen molar-refractivity contribution in [3.8, 4) is 0 Å². The van der Waals surface area contributed by atoms with Gasteiger partial charge in [-0.3, -0.25) is 0 Å². The highest BCUT2D eigenvalue weighted by Crippen LogP contribution is 2.06. The third-order valence-corrected chi connectivity index (χ3v) is 2.09. The standard InChI is InChI=1S/C12H21NO/c1-6-10(2)9-11(3)13(5)8-7-12(4)14/h6,9,12,14H,1,3,7-8H2,2,4-5H3/b10-9-. The maximum atomic E-state index is 9.12. The normalized spacial score (nSPS) is 13.6. The lowest BCUT2D eigenvalue weighted by atomic mass is 10.2. The molecule has 1 N–H and O–H groups in total. The molecule has 0 rings (SSSR count). The average molecular weight is 195 g/mol. The summed E-state index contributed by atoms with van der Waals surface area (Å²) in [7, 11) is 1.97. The minimum absolute atomic E-state index is 0.255. The van der Waals surface area contributed by atoms with E-state index in [1.165, 1.54) is 0 Å². The molecule has 0 saturated carbocycles. The topological polar surface area (TPSA) is 23.5 Å². The molecule has 2 heteroatoms. The number of nitrogens with zero attached hydrogens (tertiary/aromatic N) is 1. The van der Waals surface area contributed by atoms with Crippen molar-refractivity contribution in [2.45, 2.75) is 26.4 Å². The maximum absolute atomic E-state index is 9.12. The van der Waals surface area contributed by atoms with Crippen LogP contribution in [0.1, 0.15) is 20.3 Å². The van der Waals surface area contributed by atoms with Gasteiger partial charge in [0.2, 0.25) is 0 Å². The van der Waals surface area contributed by atoms with Gasteiger partial charge in [-0.25, -0.2) is 0 Å². The van der Waals surface area contributed by atoms with E-state index in [4.69, 9.17) is 5.11 Å². The molecular weight excluding hydrogens is 174 g/mol. The van der Waals surface area contributed by atoms with Crippen LogP contribution in [0, 0.1) is 0 Å². The first-order valence-electron chi connectivity index (χ1n) is 4.86. The predicted molar refractivity (Wildman–Crippen MR) is 62.0 cm³/mol. The van der Waals surface area contributed by atoms with Gasteiger partial charge >= 0.3 is 0 Å². The van der Waals surface area contributed by atoms with Gasteiger partial charge in [-0.15, -0.1) is 0 Å². The molecule has 0 bridgehead atoms. The highest BCUT2D eigenvalue weighted by atomic mass is 16.3. The van der Waals surface area contributed by atoms with Crippen LogP contribution in [0.5, 0.6) is 0 Å². The Morgan fingerprint density at radius 2 is 2.14 bits per heavy atom. The van der Waals surface area contributed by atoms with E-state index in [2.05, 4.69) is 13.2 Å². The molecule has 0 spiro atoms. The van der Waals surface area contributed by atoms with Crippen LogP contribution in [0.3, 0.4) is 0 Å². The van der Waals surface area contributed by atoms with E-state index in [1.54, 1.807) is 13.0 Å². The minimum Gasteiger partial charge on any atom is -0.393 e. The third-order valence-electron chi connectivity index (χ3n) is 2.09. The first-order valence-corrected chi connectivity index (χ1v) is 4.86. The number of hydrogen-bond acceptors (Lipinski definition) is 2. The highest BCUT2D eigenvalue weighted by Gasteiger charge is 2.01. The fraction of sp³-hybridized carbons (Fsp3) is 0.500. The van der Waals surface area contributed by atoms with Gasteiger partial charge in [0.15, 0.2) is 0 Å². The van der Waals surface area contributed by atoms with Crippen molar-refractivity contribution in [2.75, 3.05) is 13.6 Å². The van der Waals surface area contributed by atoms with E-state index >= 15 is 0 Å². The van der Waals surface area contributed by atoms with Gasteiger partial charge in [-0.1, -0.05) is 19.2 Å². The second kappa shape index (κ2) is 6.44. The van der Waals surface area contributed by atoms with Gasteiger partial charge < -0.3 is 10.0 Å². The summed E-state index contributed by atoms with van der Waals surface area (Å²) in [5, 5.41) is 9.12. The molecule has 0 heterocycles. The Bertz CT molecular complexity index is 228. The SMILES string of the molecule is C=C/C(C)=C\C(=C)N(C)CCC(C)O. The van der Waals surface area contributed by atoms with E-state index in [0.717, 1.165) is 24.2 Å². The summed E-state index contributed by atoms with van der Waals surface area (Å²) < 4.78 is 0. The van der Waals surface area contributed by atoms with E-state index in [9.17, 15) is 0 Å². The Balaban J connectivity index is 4.06. The van der Waals surface area contributed by atoms with Crippen LogP contribution in [0.2, 0.25) is 0 Å². The van der Waals surface area contributed by atoms with Crippen LogP contribution >= 0.6 is 0 Å². The zero-order chi connectivity index (χ0) is 11.1. The molecule has 0 radical (unpaired) electrons. The van der Waals surface area contributed by atoms with Gasteiger partial charge in [0.25, 0.3) is 0 Å². The first-order chi connectivity index (χ1) is 6.47. The zero-order valence-corrected chi connectivity index (χ0v) is 9.45. The van der Waals surface area contributed by atoms with Crippen LogP contribution < -0.4 is 0 Å². The average Bonchev–Trinajstić information content (AvgIpc) is 2.13. The molecule has 14 heavy (non-hydrogen) atoms. The molecule has 1 unspecified atom stereocenters. The second-order valence-corrected chi connectivity index (χ2v) is 3.64. The van der Waals surface area contributed by atoms with Crippen LogP contribution in [0.25, 0.3) is 0 Å². The maximum Gasteiger partial charge on any atom is 0.0528 e. The minimum atomic E-state index is -0.255. The van der Waals surface area contributed by atoms with Gasteiger partial charge in [0, 0.05) is 19.3 Å². The van der Waals surface area contributed by atoms with Gasteiger partial charge in [0.05, 0.1) is 6.10 Å². The van der Waals surface area contributed by atoms with Crippen molar-refractivity contribution < 1.29 is 5.11 Å². The molecule has 0 saturated heterocycles. The molecule has 1 atom stereocenters. The number of aliphatic hydroxyl groups is 1. The Hall–Kier alpha value is -1.02. The summed E-state index contributed by atoms with van der Waals surface area (Å²) in [5.41, 5.74) is 2.04. The molecule has 0 aliphatic rings. The van der Waals surface area contributed by atoms with Gasteiger partial charge in [-0.05, 0) is 31.9 Å². The smallest absolute Gasteiger partial charge is 0.0528 e. The summed E-state index contributed by atoms with van der Waals surface area (Å²) in [6.45, 7) is 12.2. The van der Waals surface area contributed by atoms with Gasteiger partial charge in [-0.2, -0.15) is 0 Å². The van der Waals surface area contributed by atoms with Crippen molar-refractivity contribution in [3.63, 3.8) is 0 Å². The van der Waals surface area contributed by atoms with Crippen molar-refractivity contribution in [2.24, 2.45) is 0 Å². The summed E-state index contributed by atoms with van der Waals surface area (Å²) in [4.78, 5) is 2.03. The molecule has 0 aromatic rings. The molecule has 0 amide bonds. The summed E-state index contributed by atoms with van der Waals surface area (Å²) >= 11 is 0. The molecule has 80 valence electrons. The lowest BCUT2D eigenvalue weighted by Crippen LogP contribution is -2.20. The highest BCUT2D eigenvalue weighted by molar-refractivity contribution is 5.24. The Morgan fingerprint density at radius 3 is 2.57 bits per heavy atom. The molecule has 0 aliphatic heterocycles. The van der Waals surface area contributed by atoms with Crippen molar-refractivity contribution in [3.05, 3.63) is 36.6 Å². The van der Waals surface area contributed by atoms with Crippen LogP contribution in [0.4, 0.5) is 0 Å². The molecule has 0 aromatic heterocycles. The van der Waals surface area contributed by atoms with Crippen LogP contribution in [0.15, 0.2) is 36.6 Å². The lowest BCUT2D eigenvalue weighted by Gasteiger charge is -2.20. The largest absolute Gasteiger partial charge is 0.393 e. The first kappa shape index (κ1) is 13.0. The van der Waals surface area contributed by atoms with Crippen molar-refractivity contribution in [1.29, 1.82) is 0 Å². The summed E-state index contributed by atoms with van der Waals surface area (Å²) in [6, 6.07) is 0. The predicted octanol–water partition coefficient (Wildman–Crippen LogP) is 2.34. The number of allylic oxidation sites excluding steroid dienone is 3. The molecule has 0 aromatic carbocycles. The Labute approximate surface area is 87.2 Å². The molecule has 2 nitrogen and oxygen atoms in total. The number of rotatable bonds is 6.